The van der Waals surface area contributed by atoms with Crippen molar-refractivity contribution in [2.24, 2.45) is 5.92 Å². The first-order valence-electron chi connectivity index (χ1n) is 21.2. The third-order valence-corrected chi connectivity index (χ3v) is 12.8. The first-order chi connectivity index (χ1) is 28.3. The van der Waals surface area contributed by atoms with Crippen LogP contribution >= 0.6 is 0 Å². The Morgan fingerprint density at radius 1 is 0.879 bits per heavy atom. The largest absolute Gasteiger partial charge is 0.449 e. The number of halogens is 2. The second-order valence-electron chi connectivity index (χ2n) is 16.5. The summed E-state index contributed by atoms with van der Waals surface area (Å²) in [6.45, 7) is 6.46. The minimum absolute atomic E-state index is 0.137. The predicted molar refractivity (Wildman–Crippen MR) is 217 cm³/mol. The number of morpholine rings is 1. The number of nitrogens with one attached hydrogen (secondary N) is 3. The minimum atomic E-state index is -0.823. The van der Waals surface area contributed by atoms with Gasteiger partial charge in [-0.25, -0.2) is 23.5 Å². The highest BCUT2D eigenvalue weighted by molar-refractivity contribution is 5.85. The smallest absolute Gasteiger partial charge is 0.409 e. The molecule has 2 amide bonds. The van der Waals surface area contributed by atoms with Crippen molar-refractivity contribution in [1.29, 1.82) is 0 Å². The molecule has 5 aliphatic rings. The lowest BCUT2D eigenvalue weighted by atomic mass is 9.86. The maximum atomic E-state index is 15.3. The van der Waals surface area contributed by atoms with Crippen molar-refractivity contribution in [2.45, 2.75) is 94.5 Å². The van der Waals surface area contributed by atoms with Crippen molar-refractivity contribution in [1.82, 2.24) is 25.1 Å². The van der Waals surface area contributed by atoms with Gasteiger partial charge in [-0.15, -0.1) is 0 Å². The van der Waals surface area contributed by atoms with E-state index in [4.69, 9.17) is 9.47 Å². The van der Waals surface area contributed by atoms with E-state index in [1.165, 1.54) is 12.3 Å². The van der Waals surface area contributed by atoms with Gasteiger partial charge in [-0.1, -0.05) is 18.2 Å². The number of carbonyl (C=O) groups is 2. The lowest BCUT2D eigenvalue weighted by Gasteiger charge is -2.41. The molecule has 15 heteroatoms. The number of piperidine rings is 3. The highest BCUT2D eigenvalue weighted by atomic mass is 19.1. The summed E-state index contributed by atoms with van der Waals surface area (Å²) in [5.41, 5.74) is 3.30. The molecular weight excluding hydrogens is 747 g/mol. The van der Waals surface area contributed by atoms with Crippen LogP contribution in [0.2, 0.25) is 0 Å². The summed E-state index contributed by atoms with van der Waals surface area (Å²) < 4.78 is 41.5. The second kappa shape index (κ2) is 18.5. The molecule has 0 bridgehead atoms. The van der Waals surface area contributed by atoms with Gasteiger partial charge in [-0.3, -0.25) is 4.79 Å². The van der Waals surface area contributed by atoms with E-state index in [9.17, 15) is 19.1 Å². The van der Waals surface area contributed by atoms with Crippen molar-refractivity contribution >= 4 is 29.3 Å². The predicted octanol–water partition coefficient (Wildman–Crippen LogP) is 5.72. The number of ether oxygens (including phenoxy) is 2. The van der Waals surface area contributed by atoms with Crippen LogP contribution in [0.4, 0.5) is 30.9 Å². The molecule has 13 nitrogen and oxygen atoms in total. The number of aromatic nitrogens is 2. The van der Waals surface area contributed by atoms with Crippen LogP contribution < -0.4 is 20.9 Å². The van der Waals surface area contributed by atoms with Crippen LogP contribution in [-0.2, 0) is 14.3 Å². The maximum absolute atomic E-state index is 15.3. The Balaban J connectivity index is 0.731. The third kappa shape index (κ3) is 9.80. The van der Waals surface area contributed by atoms with Gasteiger partial charge >= 0.3 is 6.09 Å². The molecule has 1 aromatic heterocycles. The zero-order valence-electron chi connectivity index (χ0n) is 33.1. The summed E-state index contributed by atoms with van der Waals surface area (Å²) in [7, 11) is 0. The first kappa shape index (κ1) is 40.2. The summed E-state index contributed by atoms with van der Waals surface area (Å²) in [4.78, 5) is 40.6. The molecule has 5 heterocycles. The van der Waals surface area contributed by atoms with E-state index in [1.807, 2.05) is 41.3 Å². The summed E-state index contributed by atoms with van der Waals surface area (Å²) in [6, 6.07) is 13.0. The summed E-state index contributed by atoms with van der Waals surface area (Å²) in [5, 5.41) is 18.7. The van der Waals surface area contributed by atoms with Crippen LogP contribution in [0.25, 0.3) is 11.3 Å². The zero-order valence-corrected chi connectivity index (χ0v) is 33.1. The van der Waals surface area contributed by atoms with E-state index in [0.717, 1.165) is 83.2 Å². The molecule has 2 unspecified atom stereocenters. The number of nitrogens with zero attached hydrogens (tertiary/aromatic N) is 5. The normalized spacial score (nSPS) is 25.3. The van der Waals surface area contributed by atoms with Gasteiger partial charge in [0.15, 0.2) is 5.82 Å². The molecule has 1 aliphatic carbocycles. The fourth-order valence-electron chi connectivity index (χ4n) is 9.32. The van der Waals surface area contributed by atoms with Crippen LogP contribution in [0.3, 0.4) is 0 Å². The number of amides is 2. The molecule has 0 radical (unpaired) electrons. The Kier molecular flexibility index (Phi) is 12.9. The van der Waals surface area contributed by atoms with E-state index in [0.29, 0.717) is 80.5 Å². The van der Waals surface area contributed by atoms with Crippen molar-refractivity contribution in [3.8, 4) is 11.3 Å². The number of carbonyl (C=O) groups excluding carboxylic acids is 2. The van der Waals surface area contributed by atoms with Gasteiger partial charge < -0.3 is 45.2 Å². The molecule has 2 atom stereocenters. The number of anilines is 3. The minimum Gasteiger partial charge on any atom is -0.449 e. The molecule has 5 fully saturated rings. The SMILES string of the molecule is O=C1NC(O)CCC1Nc1ccc(C2CCN(C3CCN(C(=O)OCC4CCC(Nc5ncc(F)c(-c6cccc(N7CCOCC7)c6)n5)CC4)CC3)CC2)c(F)c1. The van der Waals surface area contributed by atoms with Gasteiger partial charge in [-0.2, -0.15) is 0 Å². The van der Waals surface area contributed by atoms with Gasteiger partial charge in [0.1, 0.15) is 23.8 Å². The highest BCUT2D eigenvalue weighted by Crippen LogP contribution is 2.34. The molecule has 58 heavy (non-hydrogen) atoms. The van der Waals surface area contributed by atoms with Crippen molar-refractivity contribution in [3.05, 3.63) is 65.9 Å². The average Bonchev–Trinajstić information content (AvgIpc) is 3.25. The fourth-order valence-corrected chi connectivity index (χ4v) is 9.32. The van der Waals surface area contributed by atoms with Crippen LogP contribution in [-0.4, -0.2) is 120 Å². The van der Waals surface area contributed by atoms with E-state index in [1.54, 1.807) is 0 Å². The van der Waals surface area contributed by atoms with Crippen LogP contribution in [0.15, 0.2) is 48.7 Å². The molecule has 1 saturated carbocycles. The third-order valence-electron chi connectivity index (χ3n) is 12.8. The Bertz CT molecular complexity index is 1880. The summed E-state index contributed by atoms with van der Waals surface area (Å²) in [6.07, 6.45) is 8.24. The Hall–Kier alpha value is -4.60. The molecular formula is C43H56F2N8O5. The average molecular weight is 803 g/mol. The van der Waals surface area contributed by atoms with Crippen molar-refractivity contribution in [3.63, 3.8) is 0 Å². The van der Waals surface area contributed by atoms with Crippen LogP contribution in [0, 0.1) is 17.6 Å². The zero-order chi connectivity index (χ0) is 40.0. The molecule has 4 N–H and O–H groups in total. The topological polar surface area (TPSA) is 144 Å². The van der Waals surface area contributed by atoms with E-state index in [-0.39, 0.29) is 35.5 Å². The number of rotatable bonds is 10. The maximum Gasteiger partial charge on any atom is 0.409 e. The quantitative estimate of drug-likeness (QED) is 0.200. The lowest BCUT2D eigenvalue weighted by Crippen LogP contribution is -2.49. The van der Waals surface area contributed by atoms with E-state index in [2.05, 4.69) is 35.7 Å². The van der Waals surface area contributed by atoms with Crippen molar-refractivity contribution in [2.75, 3.05) is 74.6 Å². The molecule has 312 valence electrons. The number of aliphatic hydroxyl groups excluding tert-OH is 1. The van der Waals surface area contributed by atoms with Gasteiger partial charge in [-0.05, 0) is 119 Å². The monoisotopic (exact) mass is 802 g/mol. The number of benzene rings is 2. The van der Waals surface area contributed by atoms with Crippen LogP contribution in [0.1, 0.15) is 75.7 Å². The standard InChI is InChI=1S/C43H56F2N8O5/c44-36-25-32(47-38-10-11-39(54)49-41(38)55)8-9-35(36)29-12-16-51(17-13-29)33-14-18-53(19-15-33)43(56)58-27-28-4-6-31(7-5-28)48-42-46-26-37(45)40(50-42)30-2-1-3-34(24-30)52-20-22-57-23-21-52/h1-3,8-9,24-26,28-29,31,33,38-39,47,54H,4-7,10-23,27H2,(H,49,55)(H,46,48,50). The summed E-state index contributed by atoms with van der Waals surface area (Å²) in [5.74, 6) is -0.148. The number of likely N-dealkylation sites (tertiary alicyclic amines) is 2. The number of aliphatic hydroxyl groups is 1. The van der Waals surface area contributed by atoms with Gasteiger partial charge in [0.2, 0.25) is 11.9 Å². The molecule has 4 saturated heterocycles. The second-order valence-corrected chi connectivity index (χ2v) is 16.5. The highest BCUT2D eigenvalue weighted by Gasteiger charge is 2.33. The molecule has 4 aliphatic heterocycles. The lowest BCUT2D eigenvalue weighted by molar-refractivity contribution is -0.127. The molecule has 0 spiro atoms. The van der Waals surface area contributed by atoms with Gasteiger partial charge in [0, 0.05) is 55.2 Å². The van der Waals surface area contributed by atoms with Crippen molar-refractivity contribution < 1.29 is 33.0 Å². The van der Waals surface area contributed by atoms with E-state index < -0.39 is 18.1 Å². The first-order valence-corrected chi connectivity index (χ1v) is 21.2. The fraction of sp³-hybridized carbons (Fsp3) is 0.581. The Morgan fingerprint density at radius 2 is 1.66 bits per heavy atom. The van der Waals surface area contributed by atoms with Gasteiger partial charge in [0.05, 0.1) is 26.0 Å². The number of hydrogen-bond acceptors (Lipinski definition) is 11. The molecule has 3 aromatic rings. The molecule has 8 rings (SSSR count). The van der Waals surface area contributed by atoms with Crippen LogP contribution in [0.5, 0.6) is 0 Å². The van der Waals surface area contributed by atoms with E-state index >= 15 is 4.39 Å². The molecule has 2 aromatic carbocycles. The number of hydrogen-bond donors (Lipinski definition) is 4. The summed E-state index contributed by atoms with van der Waals surface area (Å²) >= 11 is 0. The van der Waals surface area contributed by atoms with Gasteiger partial charge in [0.25, 0.3) is 0 Å². The Labute approximate surface area is 338 Å². The Morgan fingerprint density at radius 3 is 2.40 bits per heavy atom.